The lowest BCUT2D eigenvalue weighted by atomic mass is 10.00. The fourth-order valence-electron chi connectivity index (χ4n) is 4.49. The van der Waals surface area contributed by atoms with Crippen LogP contribution in [-0.4, -0.2) is 49.5 Å². The van der Waals surface area contributed by atoms with E-state index in [4.69, 9.17) is 11.6 Å². The molecule has 0 saturated carbocycles. The lowest BCUT2D eigenvalue weighted by Gasteiger charge is -2.41. The van der Waals surface area contributed by atoms with E-state index in [-0.39, 0.29) is 9.92 Å². The molecule has 0 aliphatic carbocycles. The molecule has 1 fully saturated rings. The van der Waals surface area contributed by atoms with Crippen LogP contribution in [0.25, 0.3) is 10.9 Å². The van der Waals surface area contributed by atoms with Crippen LogP contribution in [0.5, 0.6) is 0 Å². The molecule has 3 aromatic rings. The number of halogens is 1. The summed E-state index contributed by atoms with van der Waals surface area (Å²) in [5.74, 6) is 0. The van der Waals surface area contributed by atoms with Crippen LogP contribution in [0.1, 0.15) is 26.7 Å². The maximum atomic E-state index is 13.3. The van der Waals surface area contributed by atoms with Gasteiger partial charge in [0.2, 0.25) is 0 Å². The van der Waals surface area contributed by atoms with Gasteiger partial charge in [-0.25, -0.2) is 12.4 Å². The molecule has 0 radical (unpaired) electrons. The van der Waals surface area contributed by atoms with Crippen LogP contribution in [0, 0.1) is 0 Å². The summed E-state index contributed by atoms with van der Waals surface area (Å²) in [5.41, 5.74) is 1.76. The molecule has 2 aromatic carbocycles. The second-order valence-corrected chi connectivity index (χ2v) is 10.5. The molecule has 160 valence electrons. The van der Waals surface area contributed by atoms with Crippen molar-refractivity contribution in [2.75, 3.05) is 25.0 Å². The summed E-state index contributed by atoms with van der Waals surface area (Å²) in [6.45, 7) is 6.56. The number of hydrogen-bond donors (Lipinski definition) is 0. The fourth-order valence-corrected chi connectivity index (χ4v) is 6.34. The molecule has 1 aliphatic heterocycles. The molecule has 5 nitrogen and oxygen atoms in total. The zero-order chi connectivity index (χ0) is 21.5. The first-order valence-corrected chi connectivity index (χ1v) is 12.2. The van der Waals surface area contributed by atoms with Gasteiger partial charge in [0.1, 0.15) is 4.90 Å². The normalized spacial score (nSPS) is 16.4. The van der Waals surface area contributed by atoms with E-state index in [9.17, 15) is 8.42 Å². The van der Waals surface area contributed by atoms with E-state index in [1.54, 1.807) is 30.5 Å². The Hall–Kier alpha value is -2.02. The standard InChI is InChI=1S/C23H28ClN3O2S/c1-17(2)27(18-11-14-25(3)15-12-18)22-9-6-8-21-19(22)13-16-26(21)30(28,29)23-10-5-4-7-20(23)24/h4-10,13,16-18H,11-12,14-15H2,1-3H3. The number of likely N-dealkylation sites (tertiary alicyclic amines) is 1. The van der Waals surface area contributed by atoms with Crippen molar-refractivity contribution in [2.24, 2.45) is 0 Å². The Morgan fingerprint density at radius 3 is 2.40 bits per heavy atom. The number of anilines is 1. The molecule has 0 atom stereocenters. The third kappa shape index (κ3) is 3.72. The summed E-state index contributed by atoms with van der Waals surface area (Å²) < 4.78 is 28.0. The highest BCUT2D eigenvalue weighted by atomic mass is 35.5. The van der Waals surface area contributed by atoms with Crippen molar-refractivity contribution in [3.05, 3.63) is 59.8 Å². The number of hydrogen-bond acceptors (Lipinski definition) is 4. The molecule has 0 N–H and O–H groups in total. The van der Waals surface area contributed by atoms with Gasteiger partial charge in [0, 0.05) is 29.4 Å². The predicted octanol–water partition coefficient (Wildman–Crippen LogP) is 4.84. The zero-order valence-electron chi connectivity index (χ0n) is 17.6. The maximum absolute atomic E-state index is 13.3. The molecule has 0 unspecified atom stereocenters. The van der Waals surface area contributed by atoms with Gasteiger partial charge in [0.05, 0.1) is 10.5 Å². The maximum Gasteiger partial charge on any atom is 0.269 e. The third-order valence-electron chi connectivity index (χ3n) is 5.96. The number of benzene rings is 2. The predicted molar refractivity (Wildman–Crippen MR) is 124 cm³/mol. The number of nitrogens with zero attached hydrogens (tertiary/aromatic N) is 3. The molecule has 4 rings (SSSR count). The van der Waals surface area contributed by atoms with Crippen LogP contribution in [0.2, 0.25) is 5.02 Å². The van der Waals surface area contributed by atoms with E-state index in [1.807, 2.05) is 18.2 Å². The second-order valence-electron chi connectivity index (χ2n) is 8.29. The Morgan fingerprint density at radius 2 is 1.73 bits per heavy atom. The molecule has 1 aliphatic rings. The topological polar surface area (TPSA) is 45.6 Å². The van der Waals surface area contributed by atoms with Crippen molar-refractivity contribution in [1.29, 1.82) is 0 Å². The Bertz CT molecular complexity index is 1150. The molecule has 1 saturated heterocycles. The zero-order valence-corrected chi connectivity index (χ0v) is 19.2. The number of rotatable bonds is 5. The van der Waals surface area contributed by atoms with Crippen molar-refractivity contribution >= 4 is 38.2 Å². The summed E-state index contributed by atoms with van der Waals surface area (Å²) in [6.07, 6.45) is 3.84. The number of fused-ring (bicyclic) bond motifs is 1. The fraction of sp³-hybridized carbons (Fsp3) is 0.391. The smallest absolute Gasteiger partial charge is 0.269 e. The van der Waals surface area contributed by atoms with Crippen molar-refractivity contribution in [3.8, 4) is 0 Å². The van der Waals surface area contributed by atoms with Gasteiger partial charge in [-0.05, 0) is 77.2 Å². The number of piperidine rings is 1. The van der Waals surface area contributed by atoms with Crippen LogP contribution in [0.4, 0.5) is 5.69 Å². The Morgan fingerprint density at radius 1 is 1.03 bits per heavy atom. The van der Waals surface area contributed by atoms with Crippen molar-refractivity contribution < 1.29 is 8.42 Å². The molecular weight excluding hydrogens is 418 g/mol. The third-order valence-corrected chi connectivity index (χ3v) is 8.15. The summed E-state index contributed by atoms with van der Waals surface area (Å²) in [4.78, 5) is 4.94. The quantitative estimate of drug-likeness (QED) is 0.563. The van der Waals surface area contributed by atoms with Crippen molar-refractivity contribution in [3.63, 3.8) is 0 Å². The van der Waals surface area contributed by atoms with Gasteiger partial charge >= 0.3 is 0 Å². The number of aromatic nitrogens is 1. The first kappa shape index (κ1) is 21.2. The SMILES string of the molecule is CC(C)N(c1cccc2c1ccn2S(=O)(=O)c1ccccc1Cl)C1CCN(C)CC1. The van der Waals surface area contributed by atoms with E-state index in [0.717, 1.165) is 37.0 Å². The summed E-state index contributed by atoms with van der Waals surface area (Å²) in [6, 6.07) is 15.1. The summed E-state index contributed by atoms with van der Waals surface area (Å²) in [7, 11) is -1.63. The largest absolute Gasteiger partial charge is 0.365 e. The second kappa shape index (κ2) is 8.25. The van der Waals surface area contributed by atoms with Gasteiger partial charge < -0.3 is 9.80 Å². The van der Waals surface area contributed by atoms with Gasteiger partial charge in [0.25, 0.3) is 10.0 Å². The van der Waals surface area contributed by atoms with Crippen LogP contribution in [-0.2, 0) is 10.0 Å². The Labute approximate surface area is 183 Å². The monoisotopic (exact) mass is 445 g/mol. The highest BCUT2D eigenvalue weighted by molar-refractivity contribution is 7.90. The minimum Gasteiger partial charge on any atom is -0.365 e. The van der Waals surface area contributed by atoms with E-state index < -0.39 is 10.0 Å². The first-order chi connectivity index (χ1) is 14.3. The Balaban J connectivity index is 1.81. The molecule has 1 aromatic heterocycles. The van der Waals surface area contributed by atoms with E-state index in [2.05, 4.69) is 36.8 Å². The molecule has 30 heavy (non-hydrogen) atoms. The summed E-state index contributed by atoms with van der Waals surface area (Å²) in [5, 5.41) is 1.17. The molecule has 0 amide bonds. The lowest BCUT2D eigenvalue weighted by molar-refractivity contribution is 0.246. The van der Waals surface area contributed by atoms with Crippen molar-refractivity contribution in [1.82, 2.24) is 8.87 Å². The minimum absolute atomic E-state index is 0.116. The molecule has 0 bridgehead atoms. The van der Waals surface area contributed by atoms with Gasteiger partial charge in [0.15, 0.2) is 0 Å². The van der Waals surface area contributed by atoms with E-state index in [1.165, 1.54) is 3.97 Å². The minimum atomic E-state index is -3.79. The van der Waals surface area contributed by atoms with Gasteiger partial charge in [-0.3, -0.25) is 0 Å². The van der Waals surface area contributed by atoms with Gasteiger partial charge in [-0.1, -0.05) is 29.8 Å². The first-order valence-electron chi connectivity index (χ1n) is 10.4. The highest BCUT2D eigenvalue weighted by Crippen LogP contribution is 2.35. The lowest BCUT2D eigenvalue weighted by Crippen LogP contribution is -2.47. The van der Waals surface area contributed by atoms with Crippen LogP contribution < -0.4 is 4.90 Å². The molecule has 2 heterocycles. The van der Waals surface area contributed by atoms with Gasteiger partial charge in [-0.15, -0.1) is 0 Å². The molecule has 7 heteroatoms. The van der Waals surface area contributed by atoms with Gasteiger partial charge in [-0.2, -0.15) is 0 Å². The van der Waals surface area contributed by atoms with E-state index >= 15 is 0 Å². The molecule has 0 spiro atoms. The van der Waals surface area contributed by atoms with E-state index in [0.29, 0.717) is 17.6 Å². The van der Waals surface area contributed by atoms with Crippen LogP contribution >= 0.6 is 11.6 Å². The Kier molecular flexibility index (Phi) is 5.84. The molecular formula is C23H28ClN3O2S. The van der Waals surface area contributed by atoms with Crippen LogP contribution in [0.3, 0.4) is 0 Å². The summed E-state index contributed by atoms with van der Waals surface area (Å²) >= 11 is 6.21. The average molecular weight is 446 g/mol. The highest BCUT2D eigenvalue weighted by Gasteiger charge is 2.28. The average Bonchev–Trinajstić information content (AvgIpc) is 3.15. The van der Waals surface area contributed by atoms with Crippen molar-refractivity contribution in [2.45, 2.75) is 43.7 Å². The van der Waals surface area contributed by atoms with Crippen LogP contribution in [0.15, 0.2) is 59.6 Å².